The second kappa shape index (κ2) is 9.22. The predicted octanol–water partition coefficient (Wildman–Crippen LogP) is 5.55. The number of hydrogen-bond acceptors (Lipinski definition) is 3. The quantitative estimate of drug-likeness (QED) is 0.432. The van der Waals surface area contributed by atoms with E-state index in [1.54, 1.807) is 42.5 Å². The molecule has 0 bridgehead atoms. The van der Waals surface area contributed by atoms with Crippen molar-refractivity contribution in [3.05, 3.63) is 101 Å². The maximum atomic E-state index is 12.4. The molecule has 3 aromatic rings. The van der Waals surface area contributed by atoms with E-state index in [0.29, 0.717) is 21.8 Å². The van der Waals surface area contributed by atoms with E-state index in [1.165, 1.54) is 6.08 Å². The van der Waals surface area contributed by atoms with Crippen LogP contribution in [-0.4, -0.2) is 25.8 Å². The molecule has 0 spiro atoms. The molecule has 1 N–H and O–H groups in total. The van der Waals surface area contributed by atoms with Crippen LogP contribution in [-0.2, 0) is 0 Å². The van der Waals surface area contributed by atoms with Gasteiger partial charge in [-0.2, -0.15) is 0 Å². The molecule has 0 aliphatic carbocycles. The van der Waals surface area contributed by atoms with Gasteiger partial charge in [0.25, 0.3) is 5.91 Å². The van der Waals surface area contributed by atoms with E-state index in [0.717, 1.165) is 11.3 Å². The van der Waals surface area contributed by atoms with Gasteiger partial charge in [0.05, 0.1) is 10.6 Å². The van der Waals surface area contributed by atoms with Crippen LogP contribution in [0.5, 0.6) is 0 Å². The van der Waals surface area contributed by atoms with Crippen LogP contribution >= 0.6 is 11.6 Å². The highest BCUT2D eigenvalue weighted by Gasteiger charge is 2.09. The molecule has 0 atom stereocenters. The first-order valence-corrected chi connectivity index (χ1v) is 9.47. The fraction of sp³-hybridized carbons (Fsp3) is 0.0833. The number of benzene rings is 3. The molecule has 0 unspecified atom stereocenters. The Bertz CT molecular complexity index is 1060. The topological polar surface area (TPSA) is 49.4 Å². The zero-order valence-electron chi connectivity index (χ0n) is 16.2. The SMILES string of the molecule is CN(C)c1ccc(C(=O)/C=C/c2cccc(NC(=O)c3ccccc3Cl)c2)cc1. The van der Waals surface area contributed by atoms with Gasteiger partial charge in [-0.1, -0.05) is 41.9 Å². The summed E-state index contributed by atoms with van der Waals surface area (Å²) in [4.78, 5) is 26.8. The molecule has 5 heteroatoms. The summed E-state index contributed by atoms with van der Waals surface area (Å²) in [5.74, 6) is -0.366. The Morgan fingerprint density at radius 3 is 2.34 bits per heavy atom. The minimum absolute atomic E-state index is 0.0826. The highest BCUT2D eigenvalue weighted by molar-refractivity contribution is 6.34. The van der Waals surface area contributed by atoms with Crippen molar-refractivity contribution in [3.8, 4) is 0 Å². The lowest BCUT2D eigenvalue weighted by atomic mass is 10.1. The Morgan fingerprint density at radius 2 is 1.66 bits per heavy atom. The van der Waals surface area contributed by atoms with Gasteiger partial charge in [0, 0.05) is 31.0 Å². The first-order chi connectivity index (χ1) is 13.9. The van der Waals surface area contributed by atoms with Crippen LogP contribution < -0.4 is 10.2 Å². The number of amides is 1. The largest absolute Gasteiger partial charge is 0.378 e. The number of nitrogens with zero attached hydrogens (tertiary/aromatic N) is 1. The van der Waals surface area contributed by atoms with Crippen LogP contribution in [0.3, 0.4) is 0 Å². The van der Waals surface area contributed by atoms with Crippen molar-refractivity contribution in [2.24, 2.45) is 0 Å². The lowest BCUT2D eigenvalue weighted by molar-refractivity contribution is 0.102. The number of rotatable bonds is 6. The molecule has 1 amide bonds. The Labute approximate surface area is 175 Å². The van der Waals surface area contributed by atoms with Crippen LogP contribution in [0.2, 0.25) is 5.02 Å². The van der Waals surface area contributed by atoms with Crippen molar-refractivity contribution in [1.82, 2.24) is 0 Å². The number of carbonyl (C=O) groups is 2. The molecule has 29 heavy (non-hydrogen) atoms. The molecule has 0 saturated heterocycles. The number of halogens is 1. The van der Waals surface area contributed by atoms with Crippen molar-refractivity contribution < 1.29 is 9.59 Å². The number of hydrogen-bond donors (Lipinski definition) is 1. The molecule has 0 fully saturated rings. The van der Waals surface area contributed by atoms with Gasteiger partial charge < -0.3 is 10.2 Å². The van der Waals surface area contributed by atoms with Crippen molar-refractivity contribution in [2.75, 3.05) is 24.3 Å². The van der Waals surface area contributed by atoms with Crippen molar-refractivity contribution in [2.45, 2.75) is 0 Å². The van der Waals surface area contributed by atoms with E-state index in [1.807, 2.05) is 55.4 Å². The molecule has 3 rings (SSSR count). The van der Waals surface area contributed by atoms with Crippen molar-refractivity contribution >= 4 is 40.7 Å². The highest BCUT2D eigenvalue weighted by Crippen LogP contribution is 2.19. The van der Waals surface area contributed by atoms with Crippen LogP contribution in [0.4, 0.5) is 11.4 Å². The van der Waals surface area contributed by atoms with Gasteiger partial charge in [-0.3, -0.25) is 9.59 Å². The van der Waals surface area contributed by atoms with Gasteiger partial charge in [-0.15, -0.1) is 0 Å². The third-order valence-electron chi connectivity index (χ3n) is 4.36. The second-order valence-electron chi connectivity index (χ2n) is 6.70. The minimum Gasteiger partial charge on any atom is -0.378 e. The summed E-state index contributed by atoms with van der Waals surface area (Å²) < 4.78 is 0. The Kier molecular flexibility index (Phi) is 6.47. The molecular weight excluding hydrogens is 384 g/mol. The molecule has 0 aliphatic rings. The fourth-order valence-electron chi connectivity index (χ4n) is 2.76. The third kappa shape index (κ3) is 5.33. The summed E-state index contributed by atoms with van der Waals surface area (Å²) in [6.07, 6.45) is 3.26. The first-order valence-electron chi connectivity index (χ1n) is 9.10. The van der Waals surface area contributed by atoms with E-state index >= 15 is 0 Å². The zero-order valence-corrected chi connectivity index (χ0v) is 17.0. The number of ketones is 1. The molecule has 0 aliphatic heterocycles. The molecule has 3 aromatic carbocycles. The summed E-state index contributed by atoms with van der Waals surface area (Å²) in [6.45, 7) is 0. The monoisotopic (exact) mass is 404 g/mol. The van der Waals surface area contributed by atoms with Gasteiger partial charge in [0.2, 0.25) is 0 Å². The van der Waals surface area contributed by atoms with E-state index < -0.39 is 0 Å². The third-order valence-corrected chi connectivity index (χ3v) is 4.69. The highest BCUT2D eigenvalue weighted by atomic mass is 35.5. The summed E-state index contributed by atoms with van der Waals surface area (Å²) in [6, 6.07) is 21.6. The molecule has 0 saturated carbocycles. The summed E-state index contributed by atoms with van der Waals surface area (Å²) in [5, 5.41) is 3.22. The maximum absolute atomic E-state index is 12.4. The summed E-state index contributed by atoms with van der Waals surface area (Å²) in [7, 11) is 3.91. The molecule has 4 nitrogen and oxygen atoms in total. The Balaban J connectivity index is 1.70. The van der Waals surface area contributed by atoms with Crippen LogP contribution in [0.25, 0.3) is 6.08 Å². The van der Waals surface area contributed by atoms with Gasteiger partial charge in [0.15, 0.2) is 5.78 Å². The van der Waals surface area contributed by atoms with E-state index in [2.05, 4.69) is 5.32 Å². The predicted molar refractivity (Wildman–Crippen MR) is 120 cm³/mol. The normalized spacial score (nSPS) is 10.7. The lowest BCUT2D eigenvalue weighted by Gasteiger charge is -2.11. The van der Waals surface area contributed by atoms with Crippen molar-refractivity contribution in [1.29, 1.82) is 0 Å². The van der Waals surface area contributed by atoms with Gasteiger partial charge >= 0.3 is 0 Å². The summed E-state index contributed by atoms with van der Waals surface area (Å²) >= 11 is 6.07. The smallest absolute Gasteiger partial charge is 0.257 e. The van der Waals surface area contributed by atoms with Crippen molar-refractivity contribution in [3.63, 3.8) is 0 Å². The lowest BCUT2D eigenvalue weighted by Crippen LogP contribution is -2.12. The number of nitrogens with one attached hydrogen (secondary N) is 1. The molecular formula is C24H21ClN2O2. The standard InChI is InChI=1S/C24H21ClN2O2/c1-27(2)20-13-11-18(12-14-20)23(28)15-10-17-6-5-7-19(16-17)26-24(29)21-8-3-4-9-22(21)25/h3-16H,1-2H3,(H,26,29)/b15-10+. The van der Waals surface area contributed by atoms with Crippen LogP contribution in [0, 0.1) is 0 Å². The number of carbonyl (C=O) groups excluding carboxylic acids is 2. The average Bonchev–Trinajstić information content (AvgIpc) is 2.72. The molecule has 146 valence electrons. The van der Waals surface area contributed by atoms with Gasteiger partial charge in [0.1, 0.15) is 0 Å². The summed E-state index contributed by atoms with van der Waals surface area (Å²) in [5.41, 5.74) is 3.49. The van der Waals surface area contributed by atoms with Gasteiger partial charge in [-0.05, 0) is 60.2 Å². The second-order valence-corrected chi connectivity index (χ2v) is 7.11. The van der Waals surface area contributed by atoms with E-state index in [4.69, 9.17) is 11.6 Å². The number of allylic oxidation sites excluding steroid dienone is 1. The molecule has 0 heterocycles. The first kappa shape index (κ1) is 20.4. The van der Waals surface area contributed by atoms with Crippen LogP contribution in [0.1, 0.15) is 26.3 Å². The average molecular weight is 405 g/mol. The maximum Gasteiger partial charge on any atom is 0.257 e. The fourth-order valence-corrected chi connectivity index (χ4v) is 2.98. The zero-order chi connectivity index (χ0) is 20.8. The van der Waals surface area contributed by atoms with Gasteiger partial charge in [-0.25, -0.2) is 0 Å². The van der Waals surface area contributed by atoms with E-state index in [-0.39, 0.29) is 11.7 Å². The molecule has 0 aromatic heterocycles. The van der Waals surface area contributed by atoms with E-state index in [9.17, 15) is 9.59 Å². The molecule has 0 radical (unpaired) electrons. The minimum atomic E-state index is -0.284. The number of anilines is 2. The Hall–Kier alpha value is -3.37. The Morgan fingerprint density at radius 1 is 0.931 bits per heavy atom. The van der Waals surface area contributed by atoms with Crippen LogP contribution in [0.15, 0.2) is 78.9 Å².